The second-order valence-electron chi connectivity index (χ2n) is 11.1. The monoisotopic (exact) mass is 459 g/mol. The highest BCUT2D eigenvalue weighted by Gasteiger charge is 2.74. The molecule has 2 heterocycles. The fourth-order valence-corrected chi connectivity index (χ4v) is 7.71. The van der Waals surface area contributed by atoms with Gasteiger partial charge in [0.15, 0.2) is 23.4 Å². The zero-order valence-corrected chi connectivity index (χ0v) is 19.7. The van der Waals surface area contributed by atoms with Gasteiger partial charge < -0.3 is 14.6 Å². The SMILES string of the molecule is O=C1CC[C@@]2(OCCCc3ccccc3)[C@H]3Cc4ccc(O)c5c4[C@@]2(CCN3CC2CC2)[C@@H]1O5. The summed E-state index contributed by atoms with van der Waals surface area (Å²) in [6.07, 6.45) is 7.06. The van der Waals surface area contributed by atoms with Gasteiger partial charge in [-0.1, -0.05) is 36.4 Å². The highest BCUT2D eigenvalue weighted by Crippen LogP contribution is 2.66. The zero-order chi connectivity index (χ0) is 22.9. The van der Waals surface area contributed by atoms with Crippen LogP contribution in [-0.2, 0) is 27.8 Å². The number of hydrogen-bond donors (Lipinski definition) is 1. The van der Waals surface area contributed by atoms with Gasteiger partial charge in [0, 0.05) is 31.2 Å². The molecule has 2 aromatic carbocycles. The van der Waals surface area contributed by atoms with E-state index in [1.807, 2.05) is 0 Å². The topological polar surface area (TPSA) is 59.0 Å². The average molecular weight is 460 g/mol. The van der Waals surface area contributed by atoms with Crippen molar-refractivity contribution in [1.82, 2.24) is 4.90 Å². The summed E-state index contributed by atoms with van der Waals surface area (Å²) in [5.74, 6) is 1.68. The largest absolute Gasteiger partial charge is 0.504 e. The predicted octanol–water partition coefficient (Wildman–Crippen LogP) is 4.18. The Bertz CT molecular complexity index is 1130. The van der Waals surface area contributed by atoms with Crippen LogP contribution in [0.2, 0.25) is 0 Å². The fourth-order valence-electron chi connectivity index (χ4n) is 7.71. The summed E-state index contributed by atoms with van der Waals surface area (Å²) in [7, 11) is 0. The van der Waals surface area contributed by atoms with Crippen LogP contribution in [0.5, 0.6) is 11.5 Å². The van der Waals surface area contributed by atoms with Crippen LogP contribution in [0.4, 0.5) is 0 Å². The van der Waals surface area contributed by atoms with Gasteiger partial charge in [-0.25, -0.2) is 0 Å². The maximum atomic E-state index is 13.3. The predicted molar refractivity (Wildman–Crippen MR) is 128 cm³/mol. The number of phenolic OH excluding ortho intramolecular Hbond substituents is 1. The molecule has 1 N–H and O–H groups in total. The van der Waals surface area contributed by atoms with E-state index in [9.17, 15) is 9.90 Å². The van der Waals surface area contributed by atoms with E-state index in [1.54, 1.807) is 6.07 Å². The number of carbonyl (C=O) groups is 1. The Morgan fingerprint density at radius 2 is 1.97 bits per heavy atom. The van der Waals surface area contributed by atoms with Crippen LogP contribution >= 0.6 is 0 Å². The van der Waals surface area contributed by atoms with E-state index in [4.69, 9.17) is 9.47 Å². The summed E-state index contributed by atoms with van der Waals surface area (Å²) < 4.78 is 13.4. The molecule has 0 aromatic heterocycles. The third kappa shape index (κ3) is 2.83. The molecule has 0 unspecified atom stereocenters. The van der Waals surface area contributed by atoms with Crippen molar-refractivity contribution < 1.29 is 19.4 Å². The highest BCUT2D eigenvalue weighted by molar-refractivity contribution is 5.90. The summed E-state index contributed by atoms with van der Waals surface area (Å²) in [6.45, 7) is 2.78. The van der Waals surface area contributed by atoms with Crippen LogP contribution in [0.1, 0.15) is 55.2 Å². The standard InChI is InChI=1S/C29H33NO4/c31-22-11-10-21-17-24-29(33-16-4-7-19-5-2-1-3-6-19)13-12-23(32)27-28(29,25(21)26(22)34-27)14-15-30(24)18-20-8-9-20/h1-3,5-6,10-11,20,24,27,31H,4,7-9,12-18H2/t24-,27-,28+,29-/m1/s1. The van der Waals surface area contributed by atoms with Gasteiger partial charge in [-0.3, -0.25) is 9.69 Å². The molecule has 1 saturated heterocycles. The number of benzene rings is 2. The molecule has 3 fully saturated rings. The van der Waals surface area contributed by atoms with E-state index in [0.717, 1.165) is 56.7 Å². The molecule has 0 amide bonds. The van der Waals surface area contributed by atoms with Gasteiger partial charge >= 0.3 is 0 Å². The number of piperidine rings is 1. The minimum Gasteiger partial charge on any atom is -0.504 e. The smallest absolute Gasteiger partial charge is 0.174 e. The first-order chi connectivity index (χ1) is 16.6. The normalized spacial score (nSPS) is 33.5. The first-order valence-corrected chi connectivity index (χ1v) is 13.1. The number of nitrogens with zero attached hydrogens (tertiary/aromatic N) is 1. The quantitative estimate of drug-likeness (QED) is 0.630. The lowest BCUT2D eigenvalue weighted by atomic mass is 9.48. The molecule has 7 rings (SSSR count). The number of phenols is 1. The number of aromatic hydroxyl groups is 1. The molecule has 2 bridgehead atoms. The van der Waals surface area contributed by atoms with Crippen molar-refractivity contribution in [3.8, 4) is 11.5 Å². The first kappa shape index (κ1) is 21.0. The maximum absolute atomic E-state index is 13.3. The van der Waals surface area contributed by atoms with Crippen LogP contribution in [0.25, 0.3) is 0 Å². The summed E-state index contributed by atoms with van der Waals surface area (Å²) >= 11 is 0. The molecule has 2 saturated carbocycles. The van der Waals surface area contributed by atoms with Crippen molar-refractivity contribution in [1.29, 1.82) is 0 Å². The average Bonchev–Trinajstić information content (AvgIpc) is 3.59. The molecule has 2 aromatic rings. The van der Waals surface area contributed by atoms with Crippen LogP contribution in [0, 0.1) is 5.92 Å². The molecule has 34 heavy (non-hydrogen) atoms. The zero-order valence-electron chi connectivity index (χ0n) is 19.7. The molecule has 3 aliphatic carbocycles. The molecule has 178 valence electrons. The Balaban J connectivity index is 1.28. The molecule has 5 nitrogen and oxygen atoms in total. The van der Waals surface area contributed by atoms with Gasteiger partial charge in [-0.15, -0.1) is 0 Å². The van der Waals surface area contributed by atoms with E-state index in [0.29, 0.717) is 18.8 Å². The number of Topliss-reactive ketones (excluding diaryl/α,β-unsaturated/α-hetero) is 1. The Labute approximate surface area is 201 Å². The van der Waals surface area contributed by atoms with Crippen LogP contribution in [0.3, 0.4) is 0 Å². The number of carbonyl (C=O) groups excluding carboxylic acids is 1. The Kier molecular flexibility index (Phi) is 4.66. The van der Waals surface area contributed by atoms with Gasteiger partial charge in [0.1, 0.15) is 0 Å². The number of rotatable bonds is 7. The summed E-state index contributed by atoms with van der Waals surface area (Å²) in [5, 5.41) is 10.7. The Morgan fingerprint density at radius 1 is 1.12 bits per heavy atom. The summed E-state index contributed by atoms with van der Waals surface area (Å²) in [6, 6.07) is 14.7. The van der Waals surface area contributed by atoms with Crippen LogP contribution < -0.4 is 4.74 Å². The molecule has 5 heteroatoms. The third-order valence-electron chi connectivity index (χ3n) is 9.33. The maximum Gasteiger partial charge on any atom is 0.174 e. The van der Waals surface area contributed by atoms with Crippen molar-refractivity contribution in [3.63, 3.8) is 0 Å². The minimum absolute atomic E-state index is 0.159. The number of ketones is 1. The molecule has 0 radical (unpaired) electrons. The highest BCUT2D eigenvalue weighted by atomic mass is 16.5. The van der Waals surface area contributed by atoms with Gasteiger partial charge in [-0.2, -0.15) is 0 Å². The molecule has 1 spiro atoms. The molecular formula is C29H33NO4. The molecule has 2 aliphatic heterocycles. The first-order valence-electron chi connectivity index (χ1n) is 13.1. The molecule has 5 aliphatic rings. The van der Waals surface area contributed by atoms with Crippen molar-refractivity contribution in [2.45, 2.75) is 74.5 Å². The van der Waals surface area contributed by atoms with E-state index in [1.165, 1.54) is 24.0 Å². The fraction of sp³-hybridized carbons (Fsp3) is 0.552. The lowest BCUT2D eigenvalue weighted by molar-refractivity contribution is -0.213. The molecule has 4 atom stereocenters. The second-order valence-corrected chi connectivity index (χ2v) is 11.1. The van der Waals surface area contributed by atoms with Gasteiger partial charge in [0.05, 0.1) is 11.0 Å². The minimum atomic E-state index is -0.539. The van der Waals surface area contributed by atoms with Crippen molar-refractivity contribution >= 4 is 5.78 Å². The summed E-state index contributed by atoms with van der Waals surface area (Å²) in [5.41, 5.74) is 2.72. The number of aryl methyl sites for hydroxylation is 1. The van der Waals surface area contributed by atoms with Crippen molar-refractivity contribution in [2.24, 2.45) is 5.92 Å². The van der Waals surface area contributed by atoms with Crippen molar-refractivity contribution in [3.05, 3.63) is 59.2 Å². The second kappa shape index (κ2) is 7.56. The van der Waals surface area contributed by atoms with Crippen LogP contribution in [-0.4, -0.2) is 53.2 Å². The van der Waals surface area contributed by atoms with E-state index in [-0.39, 0.29) is 17.6 Å². The van der Waals surface area contributed by atoms with Crippen LogP contribution in [0.15, 0.2) is 42.5 Å². The number of hydrogen-bond acceptors (Lipinski definition) is 5. The lowest BCUT2D eigenvalue weighted by Gasteiger charge is -2.64. The number of ether oxygens (including phenoxy) is 2. The Hall–Kier alpha value is -2.37. The number of likely N-dealkylation sites (tertiary alicyclic amines) is 1. The summed E-state index contributed by atoms with van der Waals surface area (Å²) in [4.78, 5) is 16.0. The lowest BCUT2D eigenvalue weighted by Crippen LogP contribution is -2.77. The van der Waals surface area contributed by atoms with E-state index < -0.39 is 17.1 Å². The Morgan fingerprint density at radius 3 is 2.79 bits per heavy atom. The van der Waals surface area contributed by atoms with Gasteiger partial charge in [0.2, 0.25) is 0 Å². The van der Waals surface area contributed by atoms with E-state index in [2.05, 4.69) is 41.3 Å². The van der Waals surface area contributed by atoms with E-state index >= 15 is 0 Å². The van der Waals surface area contributed by atoms with Crippen molar-refractivity contribution in [2.75, 3.05) is 19.7 Å². The molecular weight excluding hydrogens is 426 g/mol. The van der Waals surface area contributed by atoms with Gasteiger partial charge in [0.25, 0.3) is 0 Å². The third-order valence-corrected chi connectivity index (χ3v) is 9.33. The van der Waals surface area contributed by atoms with Gasteiger partial charge in [-0.05, 0) is 74.6 Å².